The van der Waals surface area contributed by atoms with Gasteiger partial charge in [-0.25, -0.2) is 0 Å². The predicted molar refractivity (Wildman–Crippen MR) is 63.5 cm³/mol. The Morgan fingerprint density at radius 2 is 2.12 bits per heavy atom. The van der Waals surface area contributed by atoms with Crippen LogP contribution in [0.15, 0.2) is 16.5 Å². The summed E-state index contributed by atoms with van der Waals surface area (Å²) in [5.74, 6) is 2.03. The molecule has 1 aliphatic heterocycles. The lowest BCUT2D eigenvalue weighted by molar-refractivity contribution is -0.137. The van der Waals surface area contributed by atoms with Crippen LogP contribution in [0.4, 0.5) is 0 Å². The number of amides is 1. The number of ether oxygens (including phenoxy) is 1. The zero-order chi connectivity index (χ0) is 12.3. The summed E-state index contributed by atoms with van der Waals surface area (Å²) >= 11 is 0. The normalized spacial score (nSPS) is 17.1. The predicted octanol–water partition coefficient (Wildman–Crippen LogP) is 1.97. The maximum absolute atomic E-state index is 12.1. The number of hydrogen-bond donors (Lipinski definition) is 0. The fourth-order valence-electron chi connectivity index (χ4n) is 2.14. The van der Waals surface area contributed by atoms with Gasteiger partial charge in [-0.3, -0.25) is 4.79 Å². The molecule has 94 valence electrons. The third-order valence-corrected chi connectivity index (χ3v) is 3.14. The highest BCUT2D eigenvalue weighted by Crippen LogP contribution is 2.18. The highest BCUT2D eigenvalue weighted by molar-refractivity contribution is 5.78. The van der Waals surface area contributed by atoms with Crippen molar-refractivity contribution in [1.82, 2.24) is 4.90 Å². The largest absolute Gasteiger partial charge is 0.464 e. The van der Waals surface area contributed by atoms with Crippen molar-refractivity contribution in [2.45, 2.75) is 26.3 Å². The molecule has 1 aromatic rings. The SMILES string of the molecule is Cc1ccc(CN(C)C(=O)C2CCOCC2)o1. The Balaban J connectivity index is 1.90. The number of aryl methyl sites for hydroxylation is 1. The second kappa shape index (κ2) is 5.36. The van der Waals surface area contributed by atoms with Crippen molar-refractivity contribution in [2.75, 3.05) is 20.3 Å². The maximum Gasteiger partial charge on any atom is 0.226 e. The van der Waals surface area contributed by atoms with Crippen molar-refractivity contribution < 1.29 is 13.9 Å². The first-order valence-electron chi connectivity index (χ1n) is 6.05. The number of furan rings is 1. The molecule has 0 atom stereocenters. The molecule has 4 nitrogen and oxygen atoms in total. The Kier molecular flexibility index (Phi) is 3.84. The summed E-state index contributed by atoms with van der Waals surface area (Å²) in [6, 6.07) is 3.84. The third kappa shape index (κ3) is 3.09. The number of carbonyl (C=O) groups is 1. The third-order valence-electron chi connectivity index (χ3n) is 3.14. The van der Waals surface area contributed by atoms with E-state index < -0.39 is 0 Å². The molecule has 0 radical (unpaired) electrons. The van der Waals surface area contributed by atoms with Gasteiger partial charge >= 0.3 is 0 Å². The Hall–Kier alpha value is -1.29. The fourth-order valence-corrected chi connectivity index (χ4v) is 2.14. The smallest absolute Gasteiger partial charge is 0.226 e. The topological polar surface area (TPSA) is 42.7 Å². The summed E-state index contributed by atoms with van der Waals surface area (Å²) in [4.78, 5) is 13.9. The van der Waals surface area contributed by atoms with Crippen LogP contribution in [-0.4, -0.2) is 31.1 Å². The highest BCUT2D eigenvalue weighted by atomic mass is 16.5. The Morgan fingerprint density at radius 1 is 1.41 bits per heavy atom. The van der Waals surface area contributed by atoms with Gasteiger partial charge in [0.25, 0.3) is 0 Å². The van der Waals surface area contributed by atoms with Crippen LogP contribution in [0.25, 0.3) is 0 Å². The van der Waals surface area contributed by atoms with E-state index >= 15 is 0 Å². The zero-order valence-electron chi connectivity index (χ0n) is 10.4. The molecule has 1 amide bonds. The molecule has 1 fully saturated rings. The van der Waals surface area contributed by atoms with E-state index in [0.717, 1.165) is 24.4 Å². The van der Waals surface area contributed by atoms with Crippen LogP contribution in [0.5, 0.6) is 0 Å². The second-order valence-corrected chi connectivity index (χ2v) is 4.59. The van der Waals surface area contributed by atoms with Crippen LogP contribution in [0.3, 0.4) is 0 Å². The molecule has 0 N–H and O–H groups in total. The van der Waals surface area contributed by atoms with Crippen molar-refractivity contribution in [2.24, 2.45) is 5.92 Å². The molecular formula is C13H19NO3. The van der Waals surface area contributed by atoms with Gasteiger partial charge in [-0.05, 0) is 31.9 Å². The molecule has 0 aromatic carbocycles. The van der Waals surface area contributed by atoms with Crippen molar-refractivity contribution in [3.63, 3.8) is 0 Å². The second-order valence-electron chi connectivity index (χ2n) is 4.59. The minimum Gasteiger partial charge on any atom is -0.464 e. The number of nitrogens with zero attached hydrogens (tertiary/aromatic N) is 1. The minimum atomic E-state index is 0.116. The van der Waals surface area contributed by atoms with E-state index in [9.17, 15) is 4.79 Å². The first-order valence-corrected chi connectivity index (χ1v) is 6.05. The van der Waals surface area contributed by atoms with Gasteiger partial charge in [0.05, 0.1) is 6.54 Å². The molecule has 0 spiro atoms. The van der Waals surface area contributed by atoms with Gasteiger partial charge in [0.2, 0.25) is 5.91 Å². The van der Waals surface area contributed by atoms with Crippen LogP contribution in [0.1, 0.15) is 24.4 Å². The monoisotopic (exact) mass is 237 g/mol. The van der Waals surface area contributed by atoms with Crippen LogP contribution in [-0.2, 0) is 16.1 Å². The van der Waals surface area contributed by atoms with Gasteiger partial charge in [0.1, 0.15) is 11.5 Å². The number of carbonyl (C=O) groups excluding carboxylic acids is 1. The molecule has 1 saturated heterocycles. The summed E-state index contributed by atoms with van der Waals surface area (Å²) < 4.78 is 10.7. The lowest BCUT2D eigenvalue weighted by Crippen LogP contribution is -2.35. The minimum absolute atomic E-state index is 0.116. The van der Waals surface area contributed by atoms with E-state index in [1.54, 1.807) is 4.90 Å². The lowest BCUT2D eigenvalue weighted by atomic mass is 9.99. The molecule has 0 bridgehead atoms. The van der Waals surface area contributed by atoms with Gasteiger partial charge in [0.15, 0.2) is 0 Å². The summed E-state index contributed by atoms with van der Waals surface area (Å²) in [6.07, 6.45) is 1.67. The summed E-state index contributed by atoms with van der Waals surface area (Å²) in [5, 5.41) is 0. The standard InChI is InChI=1S/C13H19NO3/c1-10-3-4-12(17-10)9-14(2)13(15)11-5-7-16-8-6-11/h3-4,11H,5-9H2,1-2H3. The van der Waals surface area contributed by atoms with Crippen LogP contribution in [0.2, 0.25) is 0 Å². The number of hydrogen-bond acceptors (Lipinski definition) is 3. The van der Waals surface area contributed by atoms with Crippen molar-refractivity contribution in [1.29, 1.82) is 0 Å². The van der Waals surface area contributed by atoms with Gasteiger partial charge < -0.3 is 14.1 Å². The first-order chi connectivity index (χ1) is 8.16. The van der Waals surface area contributed by atoms with Crippen molar-refractivity contribution in [3.05, 3.63) is 23.7 Å². The van der Waals surface area contributed by atoms with E-state index in [1.165, 1.54) is 0 Å². The highest BCUT2D eigenvalue weighted by Gasteiger charge is 2.24. The fraction of sp³-hybridized carbons (Fsp3) is 0.615. The Bertz CT molecular complexity index is 380. The summed E-state index contributed by atoms with van der Waals surface area (Å²) in [5.41, 5.74) is 0. The molecule has 2 rings (SSSR count). The quantitative estimate of drug-likeness (QED) is 0.807. The first kappa shape index (κ1) is 12.2. The molecule has 0 unspecified atom stereocenters. The lowest BCUT2D eigenvalue weighted by Gasteiger charge is -2.26. The molecule has 0 saturated carbocycles. The van der Waals surface area contributed by atoms with Gasteiger partial charge in [0, 0.05) is 26.2 Å². The summed E-state index contributed by atoms with van der Waals surface area (Å²) in [7, 11) is 1.83. The Morgan fingerprint density at radius 3 is 2.71 bits per heavy atom. The van der Waals surface area contributed by atoms with Gasteiger partial charge in [-0.1, -0.05) is 0 Å². The molecule has 17 heavy (non-hydrogen) atoms. The number of rotatable bonds is 3. The molecule has 1 aromatic heterocycles. The van der Waals surface area contributed by atoms with Crippen LogP contribution >= 0.6 is 0 Å². The van der Waals surface area contributed by atoms with Crippen molar-refractivity contribution >= 4 is 5.91 Å². The molecule has 4 heteroatoms. The zero-order valence-corrected chi connectivity index (χ0v) is 10.4. The molecular weight excluding hydrogens is 218 g/mol. The van der Waals surface area contributed by atoms with E-state index in [-0.39, 0.29) is 11.8 Å². The maximum atomic E-state index is 12.1. The van der Waals surface area contributed by atoms with E-state index in [4.69, 9.17) is 9.15 Å². The van der Waals surface area contributed by atoms with Gasteiger partial charge in [-0.2, -0.15) is 0 Å². The average molecular weight is 237 g/mol. The molecule has 2 heterocycles. The van der Waals surface area contributed by atoms with E-state index in [1.807, 2.05) is 26.1 Å². The Labute approximate surface area is 102 Å². The van der Waals surface area contributed by atoms with Crippen LogP contribution < -0.4 is 0 Å². The van der Waals surface area contributed by atoms with Gasteiger partial charge in [-0.15, -0.1) is 0 Å². The van der Waals surface area contributed by atoms with Crippen LogP contribution in [0, 0.1) is 12.8 Å². The molecule has 1 aliphatic rings. The van der Waals surface area contributed by atoms with E-state index in [0.29, 0.717) is 19.8 Å². The average Bonchev–Trinajstić information content (AvgIpc) is 2.75. The molecule has 0 aliphatic carbocycles. The van der Waals surface area contributed by atoms with E-state index in [2.05, 4.69) is 0 Å². The summed E-state index contributed by atoms with van der Waals surface area (Å²) in [6.45, 7) is 3.85. The van der Waals surface area contributed by atoms with Crippen molar-refractivity contribution in [3.8, 4) is 0 Å².